The number of thioether (sulfide) groups is 1. The first-order valence-corrected chi connectivity index (χ1v) is 11.2. The van der Waals surface area contributed by atoms with Crippen LogP contribution in [-0.2, 0) is 4.79 Å². The van der Waals surface area contributed by atoms with Crippen LogP contribution in [0.3, 0.4) is 0 Å². The number of halogens is 2. The number of carbonyl (C=O) groups excluding carboxylic acids is 2. The molecular formula is C23H20F2N4O3S. The van der Waals surface area contributed by atoms with Gasteiger partial charge in [0.1, 0.15) is 28.4 Å². The second-order valence-corrected chi connectivity index (χ2v) is 8.52. The molecule has 2 aromatic carbocycles. The van der Waals surface area contributed by atoms with Gasteiger partial charge in [-0.1, -0.05) is 12.1 Å². The summed E-state index contributed by atoms with van der Waals surface area (Å²) in [6.45, 7) is 0.271. The largest absolute Gasteiger partial charge is 0.457 e. The summed E-state index contributed by atoms with van der Waals surface area (Å²) in [6.07, 6.45) is 3.67. The summed E-state index contributed by atoms with van der Waals surface area (Å²) in [5.74, 6) is -0.773. The highest BCUT2D eigenvalue weighted by Crippen LogP contribution is 2.33. The average Bonchev–Trinajstić information content (AvgIpc) is 2.99. The molecule has 2 N–H and O–H groups in total. The molecule has 2 heterocycles. The predicted molar refractivity (Wildman–Crippen MR) is 119 cm³/mol. The third-order valence-corrected chi connectivity index (χ3v) is 6.16. The van der Waals surface area contributed by atoms with Crippen LogP contribution in [-0.4, -0.2) is 40.1 Å². The fourth-order valence-corrected chi connectivity index (χ4v) is 4.52. The molecule has 10 heteroatoms. The third-order valence-electron chi connectivity index (χ3n) is 4.87. The first-order valence-electron chi connectivity index (χ1n) is 10.2. The van der Waals surface area contributed by atoms with Crippen molar-refractivity contribution in [1.29, 1.82) is 0 Å². The number of carbonyl (C=O) groups is 2. The first kappa shape index (κ1) is 22.7. The summed E-state index contributed by atoms with van der Waals surface area (Å²) in [4.78, 5) is 32.8. The summed E-state index contributed by atoms with van der Waals surface area (Å²) >= 11 is 1.50. The van der Waals surface area contributed by atoms with Crippen LogP contribution < -0.4 is 15.4 Å². The molecule has 3 aromatic rings. The smallest absolute Gasteiger partial charge is 0.289 e. The number of benzene rings is 2. The summed E-state index contributed by atoms with van der Waals surface area (Å²) < 4.78 is 32.2. The maximum atomic E-state index is 13.3. The molecule has 0 saturated carbocycles. The van der Waals surface area contributed by atoms with Crippen LogP contribution in [0, 0.1) is 11.6 Å². The predicted octanol–water partition coefficient (Wildman–Crippen LogP) is 3.64. The molecule has 0 radical (unpaired) electrons. The molecule has 0 bridgehead atoms. The highest BCUT2D eigenvalue weighted by Gasteiger charge is 2.27. The minimum atomic E-state index is -0.727. The van der Waals surface area contributed by atoms with Crippen LogP contribution in [0.4, 0.5) is 8.78 Å². The first-order chi connectivity index (χ1) is 16.0. The van der Waals surface area contributed by atoms with Crippen molar-refractivity contribution in [3.05, 3.63) is 83.9 Å². The Morgan fingerprint density at radius 3 is 2.48 bits per heavy atom. The number of nitrogens with zero attached hydrogens (tertiary/aromatic N) is 2. The van der Waals surface area contributed by atoms with Crippen molar-refractivity contribution in [2.75, 3.05) is 12.3 Å². The van der Waals surface area contributed by atoms with E-state index in [-0.39, 0.29) is 30.1 Å². The summed E-state index contributed by atoms with van der Waals surface area (Å²) in [7, 11) is 0. The van der Waals surface area contributed by atoms with E-state index < -0.39 is 22.8 Å². The monoisotopic (exact) mass is 470 g/mol. The van der Waals surface area contributed by atoms with Gasteiger partial charge in [-0.3, -0.25) is 9.59 Å². The van der Waals surface area contributed by atoms with E-state index in [0.717, 1.165) is 23.8 Å². The van der Waals surface area contributed by atoms with Crippen LogP contribution in [0.15, 0.2) is 60.9 Å². The van der Waals surface area contributed by atoms with E-state index in [1.54, 1.807) is 30.3 Å². The molecule has 0 unspecified atom stereocenters. The molecule has 0 spiro atoms. The Hall–Kier alpha value is -3.53. The van der Waals surface area contributed by atoms with Crippen molar-refractivity contribution in [3.8, 4) is 11.5 Å². The number of hydrogen-bond acceptors (Lipinski definition) is 6. The maximum Gasteiger partial charge on any atom is 0.289 e. The second-order valence-electron chi connectivity index (χ2n) is 7.30. The number of rotatable bonds is 6. The lowest BCUT2D eigenvalue weighted by Gasteiger charge is -2.18. The van der Waals surface area contributed by atoms with Crippen LogP contribution in [0.25, 0.3) is 0 Å². The molecule has 1 aliphatic heterocycles. The quantitative estimate of drug-likeness (QED) is 0.572. The van der Waals surface area contributed by atoms with E-state index in [0.29, 0.717) is 17.9 Å². The van der Waals surface area contributed by atoms with Crippen molar-refractivity contribution in [2.45, 2.75) is 17.7 Å². The Morgan fingerprint density at radius 2 is 1.79 bits per heavy atom. The van der Waals surface area contributed by atoms with Crippen LogP contribution in [0.5, 0.6) is 11.5 Å². The van der Waals surface area contributed by atoms with Crippen molar-refractivity contribution in [1.82, 2.24) is 20.6 Å². The van der Waals surface area contributed by atoms with Gasteiger partial charge in [0.15, 0.2) is 0 Å². The topological polar surface area (TPSA) is 93.2 Å². The summed E-state index contributed by atoms with van der Waals surface area (Å²) in [5, 5.41) is 5.30. The lowest BCUT2D eigenvalue weighted by molar-refractivity contribution is -0.121. The van der Waals surface area contributed by atoms with E-state index in [4.69, 9.17) is 4.74 Å². The third kappa shape index (κ3) is 6.04. The fourth-order valence-electron chi connectivity index (χ4n) is 3.30. The van der Waals surface area contributed by atoms with E-state index in [1.807, 2.05) is 0 Å². The van der Waals surface area contributed by atoms with E-state index >= 15 is 0 Å². The molecule has 1 fully saturated rings. The Bertz CT molecular complexity index is 1110. The standard InChI is InChI=1S/C23H20F2N4O3S/c24-15-10-16(25)12-19(11-15)32-18-4-2-14(3-5-18)20-22(30)29-17(6-9-33-20)13-28-23(31)21-26-7-1-8-27-21/h1-5,7-8,10-12,17,20H,6,9,13H2,(H,28,31)(H,29,30)/t17-,20-/m0/s1. The molecule has 2 amide bonds. The molecule has 33 heavy (non-hydrogen) atoms. The van der Waals surface area contributed by atoms with Crippen molar-refractivity contribution in [3.63, 3.8) is 0 Å². The van der Waals surface area contributed by atoms with Crippen molar-refractivity contribution < 1.29 is 23.1 Å². The zero-order chi connectivity index (χ0) is 23.2. The normalized spacial score (nSPS) is 18.2. The van der Waals surface area contributed by atoms with E-state index in [9.17, 15) is 18.4 Å². The van der Waals surface area contributed by atoms with Gasteiger partial charge in [0.05, 0.1) is 0 Å². The lowest BCUT2D eigenvalue weighted by Crippen LogP contribution is -2.44. The van der Waals surface area contributed by atoms with Crippen molar-refractivity contribution >= 4 is 23.6 Å². The van der Waals surface area contributed by atoms with Gasteiger partial charge in [0.2, 0.25) is 11.7 Å². The highest BCUT2D eigenvalue weighted by molar-refractivity contribution is 8.00. The molecule has 1 saturated heterocycles. The van der Waals surface area contributed by atoms with Gasteiger partial charge in [-0.05, 0) is 35.9 Å². The zero-order valence-corrected chi connectivity index (χ0v) is 18.1. The van der Waals surface area contributed by atoms with Crippen LogP contribution >= 0.6 is 11.8 Å². The van der Waals surface area contributed by atoms with Gasteiger partial charge in [0, 0.05) is 43.2 Å². The maximum absolute atomic E-state index is 13.3. The number of amides is 2. The van der Waals surface area contributed by atoms with Gasteiger partial charge in [0.25, 0.3) is 5.91 Å². The molecule has 2 atom stereocenters. The minimum absolute atomic E-state index is 0.0487. The Morgan fingerprint density at radius 1 is 1.09 bits per heavy atom. The molecule has 7 nitrogen and oxygen atoms in total. The van der Waals surface area contributed by atoms with Gasteiger partial charge in [-0.15, -0.1) is 11.8 Å². The van der Waals surface area contributed by atoms with Crippen molar-refractivity contribution in [2.24, 2.45) is 0 Å². The Balaban J connectivity index is 1.35. The Kier molecular flexibility index (Phi) is 7.13. The molecule has 170 valence electrons. The second kappa shape index (κ2) is 10.4. The molecule has 1 aliphatic rings. The van der Waals surface area contributed by atoms with Crippen LogP contribution in [0.1, 0.15) is 27.9 Å². The molecule has 4 rings (SSSR count). The van der Waals surface area contributed by atoms with Gasteiger partial charge in [-0.2, -0.15) is 0 Å². The van der Waals surface area contributed by atoms with E-state index in [1.165, 1.54) is 24.2 Å². The zero-order valence-electron chi connectivity index (χ0n) is 17.3. The van der Waals surface area contributed by atoms with E-state index in [2.05, 4.69) is 20.6 Å². The molecule has 0 aliphatic carbocycles. The lowest BCUT2D eigenvalue weighted by atomic mass is 10.1. The SMILES string of the molecule is O=C(NC[C@@H]1CCS[C@@H](c2ccc(Oc3cc(F)cc(F)c3)cc2)C(=O)N1)c1ncccn1. The summed E-state index contributed by atoms with van der Waals surface area (Å²) in [6, 6.07) is 11.2. The van der Waals surface area contributed by atoms with Gasteiger partial charge < -0.3 is 15.4 Å². The Labute approximate surface area is 193 Å². The van der Waals surface area contributed by atoms with Crippen LogP contribution in [0.2, 0.25) is 0 Å². The fraction of sp³-hybridized carbons (Fsp3) is 0.217. The highest BCUT2D eigenvalue weighted by atomic mass is 32.2. The number of ether oxygens (including phenoxy) is 1. The molecular weight excluding hydrogens is 450 g/mol. The van der Waals surface area contributed by atoms with Gasteiger partial charge in [-0.25, -0.2) is 18.7 Å². The number of nitrogens with one attached hydrogen (secondary N) is 2. The summed E-state index contributed by atoms with van der Waals surface area (Å²) in [5.41, 5.74) is 0.776. The molecule has 1 aromatic heterocycles. The average molecular weight is 471 g/mol. The number of hydrogen-bond donors (Lipinski definition) is 2. The number of aromatic nitrogens is 2. The minimum Gasteiger partial charge on any atom is -0.457 e. The van der Waals surface area contributed by atoms with Gasteiger partial charge >= 0.3 is 0 Å².